The average Bonchev–Trinajstić information content (AvgIpc) is 2.69. The van der Waals surface area contributed by atoms with E-state index in [9.17, 15) is 19.7 Å². The second-order valence-corrected chi connectivity index (χ2v) is 7.35. The van der Waals surface area contributed by atoms with Gasteiger partial charge in [-0.1, -0.05) is 49.6 Å². The average molecular weight is 420 g/mol. The van der Waals surface area contributed by atoms with Crippen LogP contribution in [0.5, 0.6) is 0 Å². The SMILES string of the molecule is CC(C)C[CH]NC(=O)[C@H](CCCNC(=N)N[N+](=O)[O-])NC(=O)C(C)c1ccccc1. The van der Waals surface area contributed by atoms with Crippen LogP contribution in [-0.4, -0.2) is 35.4 Å². The molecular formula is C20H31N6O4. The first-order valence-electron chi connectivity index (χ1n) is 9.91. The number of amides is 2. The highest BCUT2D eigenvalue weighted by Crippen LogP contribution is 2.15. The number of guanidine groups is 1. The normalized spacial score (nSPS) is 12.5. The maximum atomic E-state index is 12.7. The van der Waals surface area contributed by atoms with Gasteiger partial charge in [-0.3, -0.25) is 15.0 Å². The number of rotatable bonds is 12. The fraction of sp³-hybridized carbons (Fsp3) is 0.500. The molecule has 1 radical (unpaired) electrons. The van der Waals surface area contributed by atoms with E-state index in [1.807, 2.05) is 44.2 Å². The van der Waals surface area contributed by atoms with Crippen molar-refractivity contribution in [3.05, 3.63) is 52.6 Å². The topological polar surface area (TPSA) is 149 Å². The first-order valence-corrected chi connectivity index (χ1v) is 9.91. The number of hydrogen-bond acceptors (Lipinski definition) is 5. The summed E-state index contributed by atoms with van der Waals surface area (Å²) < 4.78 is 0. The Morgan fingerprint density at radius 1 is 1.17 bits per heavy atom. The zero-order chi connectivity index (χ0) is 22.5. The number of nitrogens with zero attached hydrogens (tertiary/aromatic N) is 1. The van der Waals surface area contributed by atoms with Crippen LogP contribution in [0.3, 0.4) is 0 Å². The van der Waals surface area contributed by atoms with E-state index >= 15 is 0 Å². The van der Waals surface area contributed by atoms with E-state index < -0.39 is 23.0 Å². The van der Waals surface area contributed by atoms with Gasteiger partial charge in [-0.15, -0.1) is 0 Å². The van der Waals surface area contributed by atoms with Crippen molar-refractivity contribution in [2.75, 3.05) is 6.54 Å². The first-order chi connectivity index (χ1) is 14.2. The standard InChI is InChI=1S/C20H31N6O4/c1-14(2)11-13-22-19(28)17(10-7-12-23-20(21)25-26(29)30)24-18(27)15(3)16-8-5-4-6-9-16/h4-6,8-9,13-15,17H,7,10-12H2,1-3H3,(H,22,28)(H,24,27)(H3,21,23,25)/t15?,17-/m0/s1. The van der Waals surface area contributed by atoms with Crippen LogP contribution in [0.2, 0.25) is 0 Å². The summed E-state index contributed by atoms with van der Waals surface area (Å²) in [4.78, 5) is 35.5. The van der Waals surface area contributed by atoms with Crippen molar-refractivity contribution in [1.82, 2.24) is 21.4 Å². The summed E-state index contributed by atoms with van der Waals surface area (Å²) in [6.07, 6.45) is 1.44. The Labute approximate surface area is 176 Å². The number of nitrogens with one attached hydrogen (secondary N) is 5. The summed E-state index contributed by atoms with van der Waals surface area (Å²) in [6, 6.07) is 8.52. The smallest absolute Gasteiger partial charge is 0.251 e. The van der Waals surface area contributed by atoms with E-state index in [0.29, 0.717) is 25.2 Å². The summed E-state index contributed by atoms with van der Waals surface area (Å²) in [5, 5.41) is 24.9. The van der Waals surface area contributed by atoms with Crippen molar-refractivity contribution in [3.8, 4) is 0 Å². The Hall–Kier alpha value is -3.17. The molecule has 10 nitrogen and oxygen atoms in total. The predicted molar refractivity (Wildman–Crippen MR) is 114 cm³/mol. The molecule has 0 aliphatic rings. The molecule has 0 aromatic heterocycles. The Morgan fingerprint density at radius 3 is 2.43 bits per heavy atom. The molecule has 1 unspecified atom stereocenters. The maximum absolute atomic E-state index is 12.7. The lowest BCUT2D eigenvalue weighted by atomic mass is 9.99. The Kier molecular flexibility index (Phi) is 10.9. The van der Waals surface area contributed by atoms with E-state index in [1.165, 1.54) is 0 Å². The van der Waals surface area contributed by atoms with Crippen molar-refractivity contribution in [2.45, 2.75) is 52.0 Å². The van der Waals surface area contributed by atoms with Crippen molar-refractivity contribution in [1.29, 1.82) is 5.41 Å². The van der Waals surface area contributed by atoms with Gasteiger partial charge in [-0.2, -0.15) is 0 Å². The summed E-state index contributed by atoms with van der Waals surface area (Å²) in [5.41, 5.74) is 2.55. The van der Waals surface area contributed by atoms with Crippen molar-refractivity contribution >= 4 is 17.8 Å². The van der Waals surface area contributed by atoms with Crippen molar-refractivity contribution in [3.63, 3.8) is 0 Å². The third-order valence-electron chi connectivity index (χ3n) is 4.33. The van der Waals surface area contributed by atoms with Crippen LogP contribution in [-0.2, 0) is 9.59 Å². The fourth-order valence-corrected chi connectivity index (χ4v) is 2.60. The highest BCUT2D eigenvalue weighted by atomic mass is 16.7. The Morgan fingerprint density at radius 2 is 1.83 bits per heavy atom. The lowest BCUT2D eigenvalue weighted by Gasteiger charge is -2.21. The molecule has 1 rings (SSSR count). The van der Waals surface area contributed by atoms with Crippen LogP contribution in [0, 0.1) is 28.0 Å². The number of nitro groups is 1. The molecule has 1 aromatic carbocycles. The second kappa shape index (κ2) is 13.1. The molecule has 30 heavy (non-hydrogen) atoms. The molecule has 0 heterocycles. The summed E-state index contributed by atoms with van der Waals surface area (Å²) >= 11 is 0. The molecule has 0 saturated heterocycles. The van der Waals surface area contributed by atoms with E-state index in [4.69, 9.17) is 5.41 Å². The van der Waals surface area contributed by atoms with Crippen LogP contribution >= 0.6 is 0 Å². The van der Waals surface area contributed by atoms with Gasteiger partial charge in [0.2, 0.25) is 11.8 Å². The van der Waals surface area contributed by atoms with Crippen LogP contribution in [0.4, 0.5) is 0 Å². The maximum Gasteiger partial charge on any atom is 0.251 e. The van der Waals surface area contributed by atoms with E-state index in [-0.39, 0.29) is 18.4 Å². The third-order valence-corrected chi connectivity index (χ3v) is 4.33. The Bertz CT molecular complexity index is 711. The van der Waals surface area contributed by atoms with Gasteiger partial charge >= 0.3 is 0 Å². The minimum absolute atomic E-state index is 0.239. The van der Waals surface area contributed by atoms with Crippen molar-refractivity contribution < 1.29 is 14.6 Å². The zero-order valence-corrected chi connectivity index (χ0v) is 17.6. The lowest BCUT2D eigenvalue weighted by Crippen LogP contribution is -2.47. The quantitative estimate of drug-likeness (QED) is 0.114. The highest BCUT2D eigenvalue weighted by Gasteiger charge is 2.24. The number of hydrazine groups is 1. The Balaban J connectivity index is 2.64. The van der Waals surface area contributed by atoms with Crippen LogP contribution in [0.25, 0.3) is 0 Å². The van der Waals surface area contributed by atoms with Gasteiger partial charge in [-0.25, -0.2) is 10.1 Å². The van der Waals surface area contributed by atoms with E-state index in [0.717, 1.165) is 5.56 Å². The van der Waals surface area contributed by atoms with Crippen LogP contribution < -0.4 is 21.4 Å². The predicted octanol–water partition coefficient (Wildman–Crippen LogP) is 1.68. The van der Waals surface area contributed by atoms with E-state index in [1.54, 1.807) is 18.9 Å². The molecule has 0 aliphatic heterocycles. The zero-order valence-electron chi connectivity index (χ0n) is 17.6. The molecule has 165 valence electrons. The molecule has 2 amide bonds. The van der Waals surface area contributed by atoms with Gasteiger partial charge in [0.15, 0.2) is 5.03 Å². The van der Waals surface area contributed by atoms with Gasteiger partial charge in [0, 0.05) is 13.1 Å². The number of carbonyl (C=O) groups is 2. The largest absolute Gasteiger partial charge is 0.352 e. The number of benzene rings is 1. The molecule has 0 aliphatic carbocycles. The minimum atomic E-state index is -0.832. The summed E-state index contributed by atoms with van der Waals surface area (Å²) in [5.74, 6) is -1.05. The number of carbonyl (C=O) groups excluding carboxylic acids is 2. The van der Waals surface area contributed by atoms with Gasteiger partial charge in [0.25, 0.3) is 5.96 Å². The van der Waals surface area contributed by atoms with Gasteiger partial charge in [0.1, 0.15) is 6.04 Å². The molecule has 1 aromatic rings. The third kappa shape index (κ3) is 9.85. The molecular weight excluding hydrogens is 388 g/mol. The van der Waals surface area contributed by atoms with Crippen molar-refractivity contribution in [2.24, 2.45) is 5.92 Å². The van der Waals surface area contributed by atoms with Crippen LogP contribution in [0.15, 0.2) is 30.3 Å². The summed E-state index contributed by atoms with van der Waals surface area (Å²) in [7, 11) is 0. The highest BCUT2D eigenvalue weighted by molar-refractivity contribution is 5.90. The fourth-order valence-electron chi connectivity index (χ4n) is 2.60. The molecule has 0 spiro atoms. The van der Waals surface area contributed by atoms with E-state index in [2.05, 4.69) is 16.0 Å². The summed E-state index contributed by atoms with van der Waals surface area (Å²) in [6.45, 7) is 7.76. The van der Waals surface area contributed by atoms with Gasteiger partial charge in [-0.05, 0) is 37.7 Å². The van der Waals surface area contributed by atoms with Crippen LogP contribution in [0.1, 0.15) is 51.5 Å². The molecule has 5 N–H and O–H groups in total. The molecule has 0 saturated carbocycles. The minimum Gasteiger partial charge on any atom is -0.352 e. The number of hydrogen-bond donors (Lipinski definition) is 5. The second-order valence-electron chi connectivity index (χ2n) is 7.35. The molecule has 10 heteroatoms. The molecule has 0 fully saturated rings. The monoisotopic (exact) mass is 419 g/mol. The molecule has 0 bridgehead atoms. The lowest BCUT2D eigenvalue weighted by molar-refractivity contribution is -0.525. The van der Waals surface area contributed by atoms with Gasteiger partial charge < -0.3 is 16.0 Å². The molecule has 2 atom stereocenters. The van der Waals surface area contributed by atoms with Gasteiger partial charge in [0.05, 0.1) is 5.92 Å². The first kappa shape index (κ1) is 24.9.